The normalized spacial score (nSPS) is 16.4. The Balaban J connectivity index is 1.80. The molecule has 0 saturated heterocycles. The maximum absolute atomic E-state index is 12.8. The number of alkyl halides is 3. The maximum atomic E-state index is 12.8. The number of benzene rings is 1. The van der Waals surface area contributed by atoms with E-state index in [2.05, 4.69) is 5.32 Å². The van der Waals surface area contributed by atoms with Gasteiger partial charge >= 0.3 is 12.2 Å². The zero-order chi connectivity index (χ0) is 18.2. The molecule has 8 heteroatoms. The number of fused-ring (bicyclic) bond motifs is 1. The molecule has 2 aromatic rings. The molecule has 5 nitrogen and oxygen atoms in total. The molecule has 1 aliphatic rings. The minimum atomic E-state index is -4.61. The highest BCUT2D eigenvalue weighted by molar-refractivity contribution is 5.89. The summed E-state index contributed by atoms with van der Waals surface area (Å²) >= 11 is 0. The molecule has 1 aromatic carbocycles. The molecule has 2 amide bonds. The number of aryl methyl sites for hydroxylation is 1. The predicted molar refractivity (Wildman–Crippen MR) is 86.4 cm³/mol. The Bertz CT molecular complexity index is 861. The van der Waals surface area contributed by atoms with Crippen LogP contribution in [-0.2, 0) is 12.6 Å². The lowest BCUT2D eigenvalue weighted by molar-refractivity contribution is -0.137. The van der Waals surface area contributed by atoms with Crippen LogP contribution in [0.3, 0.4) is 0 Å². The summed E-state index contributed by atoms with van der Waals surface area (Å²) in [6, 6.07) is 7.52. The molecular weight excluding hydrogens is 335 g/mol. The van der Waals surface area contributed by atoms with Crippen molar-refractivity contribution in [2.24, 2.45) is 0 Å². The quantitative estimate of drug-likeness (QED) is 0.869. The molecule has 0 saturated carbocycles. The van der Waals surface area contributed by atoms with Crippen LogP contribution in [0.5, 0.6) is 0 Å². The van der Waals surface area contributed by atoms with E-state index < -0.39 is 29.0 Å². The van der Waals surface area contributed by atoms with Gasteiger partial charge in [0, 0.05) is 13.2 Å². The number of hydrogen-bond donors (Lipinski definition) is 2. The lowest BCUT2D eigenvalue weighted by Crippen LogP contribution is -2.35. The van der Waals surface area contributed by atoms with Crippen LogP contribution in [0.25, 0.3) is 0 Å². The van der Waals surface area contributed by atoms with E-state index in [0.29, 0.717) is 12.3 Å². The third-order valence-electron chi connectivity index (χ3n) is 4.36. The predicted octanol–water partition coefficient (Wildman–Crippen LogP) is 3.54. The van der Waals surface area contributed by atoms with E-state index in [-0.39, 0.29) is 6.04 Å². The lowest BCUT2D eigenvalue weighted by atomic mass is 10.1. The smallest absolute Gasteiger partial charge is 0.327 e. The summed E-state index contributed by atoms with van der Waals surface area (Å²) in [6.45, 7) is 0. The standard InChI is InChI=1S/C17H16F3N3O2/c1-23(14-7-6-10-4-2-3-5-12(10)14)16(25)22-13-8-11(17(18,19)20)9-21-15(13)24/h2-5,8-9,14H,6-7H2,1H3,(H,21,24)(H,22,25)/t14-/m1/s1. The van der Waals surface area contributed by atoms with Gasteiger partial charge in [0.25, 0.3) is 5.56 Å². The molecule has 3 rings (SSSR count). The molecule has 0 aliphatic heterocycles. The zero-order valence-corrected chi connectivity index (χ0v) is 13.4. The number of halogens is 3. The van der Waals surface area contributed by atoms with Crippen molar-refractivity contribution in [2.45, 2.75) is 25.1 Å². The highest BCUT2D eigenvalue weighted by atomic mass is 19.4. The average molecular weight is 351 g/mol. The van der Waals surface area contributed by atoms with Crippen LogP contribution in [0.1, 0.15) is 29.2 Å². The lowest BCUT2D eigenvalue weighted by Gasteiger charge is -2.25. The summed E-state index contributed by atoms with van der Waals surface area (Å²) in [5, 5.41) is 2.27. The number of rotatable bonds is 2. The molecule has 0 fully saturated rings. The largest absolute Gasteiger partial charge is 0.417 e. The van der Waals surface area contributed by atoms with Crippen LogP contribution < -0.4 is 10.9 Å². The van der Waals surface area contributed by atoms with E-state index in [4.69, 9.17) is 0 Å². The number of nitrogens with one attached hydrogen (secondary N) is 2. The van der Waals surface area contributed by atoms with Crippen LogP contribution in [0, 0.1) is 0 Å². The number of H-pyrrole nitrogens is 1. The highest BCUT2D eigenvalue weighted by Gasteiger charge is 2.32. The van der Waals surface area contributed by atoms with Gasteiger partial charge in [0.1, 0.15) is 5.69 Å². The molecule has 25 heavy (non-hydrogen) atoms. The maximum Gasteiger partial charge on any atom is 0.417 e. The Labute approximate surface area is 141 Å². The van der Waals surface area contributed by atoms with Crippen molar-refractivity contribution in [3.8, 4) is 0 Å². The summed E-state index contributed by atoms with van der Waals surface area (Å²) in [7, 11) is 1.56. The van der Waals surface area contributed by atoms with Gasteiger partial charge in [-0.15, -0.1) is 0 Å². The number of amides is 2. The molecule has 2 N–H and O–H groups in total. The van der Waals surface area contributed by atoms with Crippen molar-refractivity contribution in [1.29, 1.82) is 0 Å². The van der Waals surface area contributed by atoms with Gasteiger partial charge in [-0.1, -0.05) is 24.3 Å². The van der Waals surface area contributed by atoms with Gasteiger partial charge in [-0.2, -0.15) is 13.2 Å². The van der Waals surface area contributed by atoms with Crippen molar-refractivity contribution in [3.05, 3.63) is 63.6 Å². The number of carbonyl (C=O) groups excluding carboxylic acids is 1. The van der Waals surface area contributed by atoms with Crippen molar-refractivity contribution >= 4 is 11.7 Å². The summed E-state index contributed by atoms with van der Waals surface area (Å²) in [5.74, 6) is 0. The third-order valence-corrected chi connectivity index (χ3v) is 4.36. The van der Waals surface area contributed by atoms with Gasteiger partial charge in [-0.25, -0.2) is 4.79 Å². The zero-order valence-electron chi connectivity index (χ0n) is 13.4. The number of nitrogens with zero attached hydrogens (tertiary/aromatic N) is 1. The Morgan fingerprint density at radius 1 is 1.32 bits per heavy atom. The number of carbonyl (C=O) groups is 1. The number of anilines is 1. The van der Waals surface area contributed by atoms with Gasteiger partial charge in [0.15, 0.2) is 0 Å². The topological polar surface area (TPSA) is 65.2 Å². The first-order valence-corrected chi connectivity index (χ1v) is 7.69. The molecule has 1 heterocycles. The Hall–Kier alpha value is -2.77. The first-order valence-electron chi connectivity index (χ1n) is 7.69. The Kier molecular flexibility index (Phi) is 4.28. The second-order valence-electron chi connectivity index (χ2n) is 5.92. The fraction of sp³-hybridized carbons (Fsp3) is 0.294. The van der Waals surface area contributed by atoms with Gasteiger partial charge in [-0.05, 0) is 30.0 Å². The summed E-state index contributed by atoms with van der Waals surface area (Å²) in [6.07, 6.45) is -2.49. The molecule has 1 atom stereocenters. The molecule has 0 radical (unpaired) electrons. The third kappa shape index (κ3) is 3.38. The van der Waals surface area contributed by atoms with Gasteiger partial charge < -0.3 is 15.2 Å². The fourth-order valence-corrected chi connectivity index (χ4v) is 3.02. The molecule has 0 unspecified atom stereocenters. The monoisotopic (exact) mass is 351 g/mol. The molecule has 132 valence electrons. The minimum Gasteiger partial charge on any atom is -0.327 e. The first kappa shape index (κ1) is 17.1. The van der Waals surface area contributed by atoms with Crippen LogP contribution in [-0.4, -0.2) is 23.0 Å². The minimum absolute atomic E-state index is 0.180. The second-order valence-corrected chi connectivity index (χ2v) is 5.92. The molecule has 1 aliphatic carbocycles. The van der Waals surface area contributed by atoms with Crippen LogP contribution in [0.4, 0.5) is 23.7 Å². The molecule has 0 spiro atoms. The van der Waals surface area contributed by atoms with Gasteiger partial charge in [0.05, 0.1) is 11.6 Å². The number of pyridine rings is 1. The van der Waals surface area contributed by atoms with Crippen molar-refractivity contribution in [3.63, 3.8) is 0 Å². The van der Waals surface area contributed by atoms with E-state index in [1.165, 1.54) is 4.90 Å². The summed E-state index contributed by atoms with van der Waals surface area (Å²) < 4.78 is 38.3. The average Bonchev–Trinajstić information content (AvgIpc) is 2.99. The molecule has 1 aromatic heterocycles. The SMILES string of the molecule is CN(C(=O)Nc1cc(C(F)(F)F)c[nH]c1=O)[C@@H]1CCc2ccccc21. The summed E-state index contributed by atoms with van der Waals surface area (Å²) in [4.78, 5) is 27.5. The Morgan fingerprint density at radius 2 is 2.04 bits per heavy atom. The number of urea groups is 1. The molecular formula is C17H16F3N3O2. The number of aromatic amines is 1. The number of aromatic nitrogens is 1. The van der Waals surface area contributed by atoms with E-state index in [9.17, 15) is 22.8 Å². The van der Waals surface area contributed by atoms with Gasteiger partial charge in [0.2, 0.25) is 0 Å². The van der Waals surface area contributed by atoms with E-state index in [0.717, 1.165) is 24.0 Å². The second kappa shape index (κ2) is 6.27. The van der Waals surface area contributed by atoms with Crippen molar-refractivity contribution in [1.82, 2.24) is 9.88 Å². The van der Waals surface area contributed by atoms with E-state index in [1.807, 2.05) is 29.2 Å². The highest BCUT2D eigenvalue weighted by Crippen LogP contribution is 2.35. The van der Waals surface area contributed by atoms with Gasteiger partial charge in [-0.3, -0.25) is 4.79 Å². The van der Waals surface area contributed by atoms with Crippen LogP contribution in [0.15, 0.2) is 41.3 Å². The number of hydrogen-bond acceptors (Lipinski definition) is 2. The Morgan fingerprint density at radius 3 is 2.76 bits per heavy atom. The van der Waals surface area contributed by atoms with E-state index >= 15 is 0 Å². The van der Waals surface area contributed by atoms with Crippen molar-refractivity contribution in [2.75, 3.05) is 12.4 Å². The van der Waals surface area contributed by atoms with E-state index in [1.54, 1.807) is 7.05 Å². The first-order chi connectivity index (χ1) is 11.8. The van der Waals surface area contributed by atoms with Crippen molar-refractivity contribution < 1.29 is 18.0 Å². The van der Waals surface area contributed by atoms with Crippen LogP contribution in [0.2, 0.25) is 0 Å². The van der Waals surface area contributed by atoms with Crippen LogP contribution >= 0.6 is 0 Å². The fourth-order valence-electron chi connectivity index (χ4n) is 3.02. The molecule has 0 bridgehead atoms. The summed E-state index contributed by atoms with van der Waals surface area (Å²) in [5.41, 5.74) is -0.0991.